The van der Waals surface area contributed by atoms with Crippen LogP contribution in [0.1, 0.15) is 5.56 Å². The molecule has 1 atom stereocenters. The number of nitrogens with zero attached hydrogens (tertiary/aromatic N) is 1. The fourth-order valence-corrected chi connectivity index (χ4v) is 2.93. The first kappa shape index (κ1) is 17.6. The molecule has 1 N–H and O–H groups in total. The summed E-state index contributed by atoms with van der Waals surface area (Å²) in [4.78, 5) is 2.05. The van der Waals surface area contributed by atoms with Crippen molar-refractivity contribution in [3.63, 3.8) is 0 Å². The summed E-state index contributed by atoms with van der Waals surface area (Å²) in [6, 6.07) is 14.1. The van der Waals surface area contributed by atoms with Gasteiger partial charge in [-0.3, -0.25) is 0 Å². The van der Waals surface area contributed by atoms with Crippen molar-refractivity contribution in [2.45, 2.75) is 13.0 Å². The molecule has 0 bridgehead atoms. The number of para-hydroxylation sites is 1. The fraction of sp³-hybridized carbons (Fsp3) is 0.316. The molecule has 3 rings (SSSR count). The molecule has 0 aliphatic carbocycles. The predicted molar refractivity (Wildman–Crippen MR) is 101 cm³/mol. The molecule has 132 valence electrons. The van der Waals surface area contributed by atoms with Crippen LogP contribution in [0.15, 0.2) is 48.5 Å². The van der Waals surface area contributed by atoms with E-state index in [9.17, 15) is 4.39 Å². The summed E-state index contributed by atoms with van der Waals surface area (Å²) in [6.07, 6.45) is -0.0543. The monoisotopic (exact) mass is 360 g/mol. The van der Waals surface area contributed by atoms with Crippen LogP contribution in [-0.4, -0.2) is 42.4 Å². The molecule has 25 heavy (non-hydrogen) atoms. The van der Waals surface area contributed by atoms with E-state index in [1.165, 1.54) is 12.1 Å². The van der Waals surface area contributed by atoms with E-state index < -0.39 is 0 Å². The summed E-state index contributed by atoms with van der Waals surface area (Å²) in [5, 5.41) is 3.74. The summed E-state index contributed by atoms with van der Waals surface area (Å²) in [5.74, 6) is 0.603. The highest BCUT2D eigenvalue weighted by atomic mass is 32.1. The van der Waals surface area contributed by atoms with Gasteiger partial charge in [-0.25, -0.2) is 4.39 Å². The molecule has 1 fully saturated rings. The van der Waals surface area contributed by atoms with E-state index in [0.717, 1.165) is 17.0 Å². The Hall–Kier alpha value is -2.18. The molecule has 1 aliphatic heterocycles. The molecule has 1 aliphatic rings. The number of hydrogen-bond acceptors (Lipinski definition) is 3. The minimum Gasteiger partial charge on any atom is -0.491 e. The largest absolute Gasteiger partial charge is 0.491 e. The number of halogens is 1. The summed E-state index contributed by atoms with van der Waals surface area (Å²) >= 11 is 5.46. The Morgan fingerprint density at radius 1 is 1.28 bits per heavy atom. The first-order valence-corrected chi connectivity index (χ1v) is 8.64. The van der Waals surface area contributed by atoms with Crippen molar-refractivity contribution >= 4 is 23.0 Å². The average molecular weight is 360 g/mol. The van der Waals surface area contributed by atoms with Crippen LogP contribution in [0, 0.1) is 12.7 Å². The molecule has 1 heterocycles. The minimum absolute atomic E-state index is 0.0543. The molecule has 1 saturated heterocycles. The number of aryl methyl sites for hydroxylation is 1. The lowest BCUT2D eigenvalue weighted by molar-refractivity contribution is -0.0281. The molecule has 0 radical (unpaired) electrons. The molecule has 2 aromatic carbocycles. The number of hydrogen-bond donors (Lipinski definition) is 1. The maximum Gasteiger partial charge on any atom is 0.173 e. The van der Waals surface area contributed by atoms with Gasteiger partial charge in [0.2, 0.25) is 0 Å². The third-order valence-corrected chi connectivity index (χ3v) is 4.40. The fourth-order valence-electron chi connectivity index (χ4n) is 2.64. The van der Waals surface area contributed by atoms with Crippen molar-refractivity contribution < 1.29 is 13.9 Å². The van der Waals surface area contributed by atoms with Gasteiger partial charge in [0.15, 0.2) is 5.11 Å². The van der Waals surface area contributed by atoms with Crippen molar-refractivity contribution in [1.29, 1.82) is 0 Å². The van der Waals surface area contributed by atoms with Gasteiger partial charge in [-0.1, -0.05) is 18.2 Å². The van der Waals surface area contributed by atoms with Gasteiger partial charge in [0.25, 0.3) is 0 Å². The van der Waals surface area contributed by atoms with Crippen molar-refractivity contribution in [3.8, 4) is 5.75 Å². The van der Waals surface area contributed by atoms with Gasteiger partial charge >= 0.3 is 0 Å². The number of nitrogens with one attached hydrogen (secondary N) is 1. The first-order valence-electron chi connectivity index (χ1n) is 8.23. The van der Waals surface area contributed by atoms with Gasteiger partial charge < -0.3 is 19.7 Å². The SMILES string of the molecule is Cc1ccccc1OC[C@@H]1CN(C(=S)Nc2ccc(F)cc2)CCO1. The Kier molecular flexibility index (Phi) is 5.83. The van der Waals surface area contributed by atoms with E-state index in [-0.39, 0.29) is 11.9 Å². The number of rotatable bonds is 4. The smallest absolute Gasteiger partial charge is 0.173 e. The Labute approximate surface area is 152 Å². The minimum atomic E-state index is -0.267. The van der Waals surface area contributed by atoms with E-state index in [1.807, 2.05) is 36.1 Å². The highest BCUT2D eigenvalue weighted by Crippen LogP contribution is 2.18. The molecule has 0 aromatic heterocycles. The van der Waals surface area contributed by atoms with Crippen molar-refractivity contribution in [1.82, 2.24) is 4.90 Å². The van der Waals surface area contributed by atoms with Crippen LogP contribution in [0.25, 0.3) is 0 Å². The second-order valence-electron chi connectivity index (χ2n) is 5.95. The van der Waals surface area contributed by atoms with Gasteiger partial charge in [-0.2, -0.15) is 0 Å². The van der Waals surface area contributed by atoms with Crippen molar-refractivity contribution in [2.24, 2.45) is 0 Å². The number of morpholine rings is 1. The highest BCUT2D eigenvalue weighted by molar-refractivity contribution is 7.80. The van der Waals surface area contributed by atoms with E-state index >= 15 is 0 Å². The molecular formula is C19H21FN2O2S. The van der Waals surface area contributed by atoms with Gasteiger partial charge in [0.05, 0.1) is 6.61 Å². The summed E-state index contributed by atoms with van der Waals surface area (Å²) in [6.45, 7) is 4.45. The van der Waals surface area contributed by atoms with Gasteiger partial charge in [-0.15, -0.1) is 0 Å². The number of benzene rings is 2. The molecule has 6 heteroatoms. The zero-order valence-electron chi connectivity index (χ0n) is 14.1. The van der Waals surface area contributed by atoms with Crippen LogP contribution in [-0.2, 0) is 4.74 Å². The first-order chi connectivity index (χ1) is 12.1. The van der Waals surface area contributed by atoms with E-state index in [2.05, 4.69) is 5.32 Å². The number of anilines is 1. The molecule has 0 amide bonds. The van der Waals surface area contributed by atoms with Gasteiger partial charge in [-0.05, 0) is 55.0 Å². The maximum absolute atomic E-state index is 13.0. The zero-order valence-corrected chi connectivity index (χ0v) is 14.9. The van der Waals surface area contributed by atoms with Gasteiger partial charge in [0, 0.05) is 18.8 Å². The Morgan fingerprint density at radius 2 is 2.04 bits per heavy atom. The number of ether oxygens (including phenoxy) is 2. The van der Waals surface area contributed by atoms with Crippen LogP contribution in [0.2, 0.25) is 0 Å². The van der Waals surface area contributed by atoms with E-state index in [1.54, 1.807) is 12.1 Å². The Bertz CT molecular complexity index is 724. The van der Waals surface area contributed by atoms with Gasteiger partial charge in [0.1, 0.15) is 24.3 Å². The molecule has 4 nitrogen and oxygen atoms in total. The van der Waals surface area contributed by atoms with E-state index in [4.69, 9.17) is 21.7 Å². The van der Waals surface area contributed by atoms with Crippen LogP contribution in [0.4, 0.5) is 10.1 Å². The molecule has 2 aromatic rings. The maximum atomic E-state index is 13.0. The lowest BCUT2D eigenvalue weighted by Gasteiger charge is -2.34. The van der Waals surface area contributed by atoms with Crippen LogP contribution in [0.3, 0.4) is 0 Å². The summed E-state index contributed by atoms with van der Waals surface area (Å²) < 4.78 is 24.6. The lowest BCUT2D eigenvalue weighted by atomic mass is 10.2. The molecular weight excluding hydrogens is 339 g/mol. The van der Waals surface area contributed by atoms with Crippen molar-refractivity contribution in [2.75, 3.05) is 31.6 Å². The molecule has 0 saturated carbocycles. The molecule has 0 unspecified atom stereocenters. The quantitative estimate of drug-likeness (QED) is 0.843. The average Bonchev–Trinajstić information content (AvgIpc) is 2.63. The molecule has 0 spiro atoms. The van der Waals surface area contributed by atoms with Crippen molar-refractivity contribution in [3.05, 3.63) is 59.9 Å². The van der Waals surface area contributed by atoms with Crippen LogP contribution in [0.5, 0.6) is 5.75 Å². The third kappa shape index (κ3) is 4.90. The predicted octanol–water partition coefficient (Wildman–Crippen LogP) is 3.61. The zero-order chi connectivity index (χ0) is 17.6. The summed E-state index contributed by atoms with van der Waals surface area (Å²) in [5.41, 5.74) is 1.87. The topological polar surface area (TPSA) is 33.7 Å². The highest BCUT2D eigenvalue weighted by Gasteiger charge is 2.23. The Balaban J connectivity index is 1.52. The van der Waals surface area contributed by atoms with E-state index in [0.29, 0.717) is 31.4 Å². The van der Waals surface area contributed by atoms with Crippen LogP contribution < -0.4 is 10.1 Å². The second kappa shape index (κ2) is 8.27. The van der Waals surface area contributed by atoms with Crippen LogP contribution >= 0.6 is 12.2 Å². The lowest BCUT2D eigenvalue weighted by Crippen LogP contribution is -2.49. The second-order valence-corrected chi connectivity index (χ2v) is 6.34. The number of thiocarbonyl (C=S) groups is 1. The normalized spacial score (nSPS) is 17.2. The summed E-state index contributed by atoms with van der Waals surface area (Å²) in [7, 11) is 0. The Morgan fingerprint density at radius 3 is 2.80 bits per heavy atom. The third-order valence-electron chi connectivity index (χ3n) is 4.04. The standard InChI is InChI=1S/C19H21FN2O2S/c1-14-4-2-3-5-18(14)24-13-17-12-22(10-11-23-17)19(25)21-16-8-6-15(20)7-9-16/h2-9,17H,10-13H2,1H3,(H,21,25)/t17-/m0/s1.